The van der Waals surface area contributed by atoms with Gasteiger partial charge in [-0.3, -0.25) is 15.0 Å². The Kier molecular flexibility index (Phi) is 3.85. The molecular weight excluding hydrogens is 435 g/mol. The smallest absolute Gasteiger partial charge is 0.267 e. The Bertz CT molecular complexity index is 992. The Hall–Kier alpha value is -2.19. The fourth-order valence-electron chi connectivity index (χ4n) is 2.59. The van der Waals surface area contributed by atoms with E-state index in [1.165, 1.54) is 5.01 Å². The van der Waals surface area contributed by atoms with Gasteiger partial charge in [0.15, 0.2) is 0 Å². The van der Waals surface area contributed by atoms with Crippen LogP contribution in [0, 0.1) is 3.57 Å². The van der Waals surface area contributed by atoms with E-state index in [0.717, 1.165) is 19.2 Å². The van der Waals surface area contributed by atoms with E-state index in [0.29, 0.717) is 5.69 Å². The molecule has 2 aromatic carbocycles. The zero-order chi connectivity index (χ0) is 16.7. The van der Waals surface area contributed by atoms with Gasteiger partial charge in [-0.15, -0.1) is 11.3 Å². The minimum absolute atomic E-state index is 0.150. The molecule has 1 saturated heterocycles. The van der Waals surface area contributed by atoms with Crippen molar-refractivity contribution in [3.8, 4) is 0 Å². The number of rotatable bonds is 2. The molecule has 0 bridgehead atoms. The first-order chi connectivity index (χ1) is 11.6. The molecule has 2 amide bonds. The lowest BCUT2D eigenvalue weighted by Gasteiger charge is -2.14. The van der Waals surface area contributed by atoms with Crippen molar-refractivity contribution in [2.75, 3.05) is 5.01 Å². The number of carbonyl (C=O) groups is 2. The number of carbonyl (C=O) groups excluding carboxylic acids is 2. The second kappa shape index (κ2) is 6.03. The Morgan fingerprint density at radius 3 is 2.58 bits per heavy atom. The summed E-state index contributed by atoms with van der Waals surface area (Å²) in [6.45, 7) is 0. The number of thiophene rings is 1. The third-order valence-electron chi connectivity index (χ3n) is 3.79. The number of fused-ring (bicyclic) bond motifs is 1. The van der Waals surface area contributed by atoms with E-state index in [-0.39, 0.29) is 17.4 Å². The summed E-state index contributed by atoms with van der Waals surface area (Å²) in [4.78, 5) is 24.9. The molecule has 0 atom stereocenters. The maximum atomic E-state index is 12.6. The fourth-order valence-corrected chi connectivity index (χ4v) is 3.87. The van der Waals surface area contributed by atoms with Gasteiger partial charge in [-0.2, -0.15) is 0 Å². The van der Waals surface area contributed by atoms with E-state index in [1.54, 1.807) is 17.4 Å². The zero-order valence-corrected chi connectivity index (χ0v) is 15.3. The van der Waals surface area contributed by atoms with Crippen LogP contribution in [0.15, 0.2) is 59.5 Å². The average molecular weight is 446 g/mol. The van der Waals surface area contributed by atoms with Gasteiger partial charge in [0.2, 0.25) is 0 Å². The molecule has 4 rings (SSSR count). The van der Waals surface area contributed by atoms with Crippen molar-refractivity contribution >= 4 is 67.6 Å². The summed E-state index contributed by atoms with van der Waals surface area (Å²) in [5.74, 6) is -0.717. The van der Waals surface area contributed by atoms with Gasteiger partial charge in [-0.25, -0.2) is 5.01 Å². The Morgan fingerprint density at radius 1 is 1.04 bits per heavy atom. The number of hydrogen-bond donors (Lipinski definition) is 1. The molecule has 2 heterocycles. The normalized spacial score (nSPS) is 16.2. The third-order valence-corrected chi connectivity index (χ3v) is 5.49. The van der Waals surface area contributed by atoms with Gasteiger partial charge in [-0.1, -0.05) is 18.2 Å². The highest BCUT2D eigenvalue weighted by molar-refractivity contribution is 14.1. The first-order valence-corrected chi connectivity index (χ1v) is 9.18. The summed E-state index contributed by atoms with van der Waals surface area (Å²) in [7, 11) is 0. The van der Waals surface area contributed by atoms with Gasteiger partial charge in [0, 0.05) is 8.27 Å². The first kappa shape index (κ1) is 15.3. The second-order valence-corrected chi connectivity index (χ2v) is 7.46. The van der Waals surface area contributed by atoms with Crippen molar-refractivity contribution in [2.24, 2.45) is 0 Å². The molecule has 0 saturated carbocycles. The van der Waals surface area contributed by atoms with Crippen LogP contribution in [0.25, 0.3) is 16.2 Å². The molecule has 118 valence electrons. The minimum Gasteiger partial charge on any atom is -0.267 e. The highest BCUT2D eigenvalue weighted by atomic mass is 127. The zero-order valence-electron chi connectivity index (χ0n) is 12.3. The van der Waals surface area contributed by atoms with Crippen LogP contribution in [0.2, 0.25) is 0 Å². The van der Waals surface area contributed by atoms with Gasteiger partial charge in [0.1, 0.15) is 5.57 Å². The summed E-state index contributed by atoms with van der Waals surface area (Å²) in [5.41, 5.74) is 4.31. The maximum Gasteiger partial charge on any atom is 0.282 e. The van der Waals surface area contributed by atoms with Gasteiger partial charge in [-0.05, 0) is 75.3 Å². The number of amides is 2. The molecule has 0 aliphatic carbocycles. The van der Waals surface area contributed by atoms with Crippen LogP contribution >= 0.6 is 33.9 Å². The number of nitrogens with one attached hydrogen (secondary N) is 1. The minimum atomic E-state index is -0.381. The molecule has 3 aromatic rings. The lowest BCUT2D eigenvalue weighted by molar-refractivity contribution is -0.117. The number of halogens is 1. The Balaban J connectivity index is 1.72. The van der Waals surface area contributed by atoms with E-state index < -0.39 is 0 Å². The van der Waals surface area contributed by atoms with Gasteiger partial charge >= 0.3 is 0 Å². The van der Waals surface area contributed by atoms with Crippen molar-refractivity contribution in [2.45, 2.75) is 0 Å². The summed E-state index contributed by atoms with van der Waals surface area (Å²) < 4.78 is 2.19. The van der Waals surface area contributed by atoms with E-state index >= 15 is 0 Å². The van der Waals surface area contributed by atoms with Crippen molar-refractivity contribution < 1.29 is 9.59 Å². The maximum absolute atomic E-state index is 12.6. The largest absolute Gasteiger partial charge is 0.282 e. The standard InChI is InChI=1S/C18H11IN2O2S/c19-12-5-7-13(8-6-12)21-18(23)15(17(22)20-21)9-11-10-24-16-4-2-1-3-14(11)16/h1-10H,(H,20,22)/b15-9-. The van der Waals surface area contributed by atoms with E-state index in [4.69, 9.17) is 0 Å². The quantitative estimate of drug-likeness (QED) is 0.368. The van der Waals surface area contributed by atoms with E-state index in [9.17, 15) is 9.59 Å². The van der Waals surface area contributed by atoms with E-state index in [1.807, 2.05) is 53.9 Å². The molecule has 0 radical (unpaired) electrons. The third kappa shape index (κ3) is 2.61. The molecule has 6 heteroatoms. The van der Waals surface area contributed by atoms with Crippen LogP contribution < -0.4 is 10.4 Å². The summed E-state index contributed by atoms with van der Waals surface area (Å²) in [5, 5.41) is 4.30. The highest BCUT2D eigenvalue weighted by Gasteiger charge is 2.34. The number of anilines is 1. The van der Waals surface area contributed by atoms with Crippen molar-refractivity contribution in [1.29, 1.82) is 0 Å². The van der Waals surface area contributed by atoms with Crippen molar-refractivity contribution in [3.05, 3.63) is 68.6 Å². The molecule has 1 aliphatic heterocycles. The molecule has 0 unspecified atom stereocenters. The van der Waals surface area contributed by atoms with Crippen LogP contribution in [0.4, 0.5) is 5.69 Å². The molecule has 1 aromatic heterocycles. The topological polar surface area (TPSA) is 49.4 Å². The second-order valence-electron chi connectivity index (χ2n) is 5.30. The summed E-state index contributed by atoms with van der Waals surface area (Å²) >= 11 is 3.79. The summed E-state index contributed by atoms with van der Waals surface area (Å²) in [6.07, 6.45) is 1.67. The number of benzene rings is 2. The predicted octanol–water partition coefficient (Wildman–Crippen LogP) is 3.97. The molecule has 24 heavy (non-hydrogen) atoms. The van der Waals surface area contributed by atoms with Crippen molar-refractivity contribution in [1.82, 2.24) is 5.43 Å². The summed E-state index contributed by atoms with van der Waals surface area (Å²) in [6, 6.07) is 15.3. The van der Waals surface area contributed by atoms with Crippen LogP contribution in [-0.2, 0) is 9.59 Å². The number of nitrogens with zero attached hydrogens (tertiary/aromatic N) is 1. The van der Waals surface area contributed by atoms with Crippen LogP contribution in [-0.4, -0.2) is 11.8 Å². The molecule has 1 aliphatic rings. The molecular formula is C18H11IN2O2S. The van der Waals surface area contributed by atoms with E-state index in [2.05, 4.69) is 28.0 Å². The molecule has 0 spiro atoms. The number of hydrogen-bond acceptors (Lipinski definition) is 3. The lowest BCUT2D eigenvalue weighted by Crippen LogP contribution is -2.35. The fraction of sp³-hybridized carbons (Fsp3) is 0. The van der Waals surface area contributed by atoms with Crippen LogP contribution in [0.5, 0.6) is 0 Å². The van der Waals surface area contributed by atoms with Crippen molar-refractivity contribution in [3.63, 3.8) is 0 Å². The number of hydrazine groups is 1. The molecule has 1 N–H and O–H groups in total. The monoisotopic (exact) mass is 446 g/mol. The predicted molar refractivity (Wildman–Crippen MR) is 105 cm³/mol. The molecule has 4 nitrogen and oxygen atoms in total. The van der Waals surface area contributed by atoms with Crippen LogP contribution in [0.3, 0.4) is 0 Å². The molecule has 1 fully saturated rings. The van der Waals surface area contributed by atoms with Crippen LogP contribution in [0.1, 0.15) is 5.56 Å². The highest BCUT2D eigenvalue weighted by Crippen LogP contribution is 2.29. The SMILES string of the molecule is O=C1NN(c2ccc(I)cc2)C(=O)/C1=C\c1csc2ccccc12. The van der Waals surface area contributed by atoms with Gasteiger partial charge < -0.3 is 0 Å². The average Bonchev–Trinajstić information content (AvgIpc) is 3.12. The van der Waals surface area contributed by atoms with Gasteiger partial charge in [0.25, 0.3) is 11.8 Å². The Morgan fingerprint density at radius 2 is 1.79 bits per heavy atom. The first-order valence-electron chi connectivity index (χ1n) is 7.22. The lowest BCUT2D eigenvalue weighted by atomic mass is 10.1. The Labute approximate surface area is 155 Å². The van der Waals surface area contributed by atoms with Gasteiger partial charge in [0.05, 0.1) is 5.69 Å².